The molecule has 10 heteroatoms. The van der Waals surface area contributed by atoms with Crippen molar-refractivity contribution in [1.82, 2.24) is 10.6 Å². The summed E-state index contributed by atoms with van der Waals surface area (Å²) < 4.78 is 40.4. The SMILES string of the molecule is CCNC(=NCc1cc2c(cc1OC(F)F)OCO2)NCC(C)SC.I. The number of hydrogen-bond donors (Lipinski definition) is 2. The summed E-state index contributed by atoms with van der Waals surface area (Å²) in [4.78, 5) is 4.45. The highest BCUT2D eigenvalue weighted by atomic mass is 127. The molecule has 26 heavy (non-hydrogen) atoms. The Kier molecular flexibility index (Phi) is 10.1. The average molecular weight is 503 g/mol. The summed E-state index contributed by atoms with van der Waals surface area (Å²) in [7, 11) is 0. The second-order valence-corrected chi connectivity index (χ2v) is 6.59. The number of rotatable bonds is 8. The highest BCUT2D eigenvalue weighted by Crippen LogP contribution is 2.38. The van der Waals surface area contributed by atoms with Crippen LogP contribution in [0.3, 0.4) is 0 Å². The lowest BCUT2D eigenvalue weighted by Crippen LogP contribution is -2.40. The van der Waals surface area contributed by atoms with E-state index in [9.17, 15) is 8.78 Å². The fraction of sp³-hybridized carbons (Fsp3) is 0.562. The third-order valence-corrected chi connectivity index (χ3v) is 4.45. The van der Waals surface area contributed by atoms with Crippen molar-refractivity contribution < 1.29 is 23.0 Å². The smallest absolute Gasteiger partial charge is 0.387 e. The van der Waals surface area contributed by atoms with Crippen molar-refractivity contribution >= 4 is 41.7 Å². The van der Waals surface area contributed by atoms with Crippen molar-refractivity contribution in [2.24, 2.45) is 4.99 Å². The monoisotopic (exact) mass is 503 g/mol. The minimum absolute atomic E-state index is 0. The lowest BCUT2D eigenvalue weighted by Gasteiger charge is -2.15. The molecule has 1 atom stereocenters. The van der Waals surface area contributed by atoms with E-state index in [1.165, 1.54) is 6.07 Å². The lowest BCUT2D eigenvalue weighted by molar-refractivity contribution is -0.0505. The molecule has 0 amide bonds. The van der Waals surface area contributed by atoms with E-state index in [1.807, 2.05) is 13.2 Å². The summed E-state index contributed by atoms with van der Waals surface area (Å²) in [6, 6.07) is 3.03. The third-order valence-electron chi connectivity index (χ3n) is 3.48. The zero-order valence-corrected chi connectivity index (χ0v) is 18.0. The van der Waals surface area contributed by atoms with Crippen molar-refractivity contribution in [3.8, 4) is 17.2 Å². The van der Waals surface area contributed by atoms with Crippen LogP contribution in [0.15, 0.2) is 17.1 Å². The summed E-state index contributed by atoms with van der Waals surface area (Å²) in [5.41, 5.74) is 0.500. The van der Waals surface area contributed by atoms with Crippen LogP contribution in [0.1, 0.15) is 19.4 Å². The molecule has 2 rings (SSSR count). The summed E-state index contributed by atoms with van der Waals surface area (Å²) in [5, 5.41) is 6.78. The number of hydrogen-bond acceptors (Lipinski definition) is 5. The van der Waals surface area contributed by atoms with Gasteiger partial charge in [0.1, 0.15) is 5.75 Å². The Balaban J connectivity index is 0.00000338. The molecule has 1 aromatic rings. The van der Waals surface area contributed by atoms with Gasteiger partial charge in [-0.2, -0.15) is 20.5 Å². The maximum absolute atomic E-state index is 12.7. The molecule has 1 aromatic carbocycles. The first-order valence-corrected chi connectivity index (χ1v) is 9.24. The number of nitrogens with zero attached hydrogens (tertiary/aromatic N) is 1. The van der Waals surface area contributed by atoms with Gasteiger partial charge in [-0.25, -0.2) is 4.99 Å². The van der Waals surface area contributed by atoms with Crippen LogP contribution >= 0.6 is 35.7 Å². The summed E-state index contributed by atoms with van der Waals surface area (Å²) >= 11 is 1.74. The van der Waals surface area contributed by atoms with Crippen molar-refractivity contribution in [2.75, 3.05) is 26.1 Å². The van der Waals surface area contributed by atoms with Gasteiger partial charge in [0.15, 0.2) is 17.5 Å². The number of halogens is 3. The second kappa shape index (κ2) is 11.5. The average Bonchev–Trinajstić information content (AvgIpc) is 3.03. The zero-order valence-electron chi connectivity index (χ0n) is 14.9. The standard InChI is InChI=1S/C16H23F2N3O3S.HI/c1-4-19-16(20-7-10(2)25-3)21-8-11-5-13-14(23-9-22-13)6-12(11)24-15(17)18;/h5-6,10,15H,4,7-9H2,1-3H3,(H2,19,20,21);1H. The van der Waals surface area contributed by atoms with Gasteiger partial charge in [0.2, 0.25) is 6.79 Å². The Morgan fingerprint density at radius 2 is 2.00 bits per heavy atom. The molecule has 0 spiro atoms. The van der Waals surface area contributed by atoms with Gasteiger partial charge in [0.25, 0.3) is 0 Å². The quantitative estimate of drug-likeness (QED) is 0.322. The first-order chi connectivity index (χ1) is 12.0. The van der Waals surface area contributed by atoms with E-state index >= 15 is 0 Å². The molecular formula is C16H24F2IN3O3S. The maximum atomic E-state index is 12.7. The first-order valence-electron chi connectivity index (χ1n) is 7.95. The topological polar surface area (TPSA) is 64.1 Å². The van der Waals surface area contributed by atoms with Gasteiger partial charge in [-0.3, -0.25) is 0 Å². The number of ether oxygens (including phenoxy) is 3. The van der Waals surface area contributed by atoms with Gasteiger partial charge in [0, 0.05) is 30.0 Å². The van der Waals surface area contributed by atoms with Crippen LogP contribution in [0.2, 0.25) is 0 Å². The number of aliphatic imine (C=N–C) groups is 1. The predicted octanol–water partition coefficient (Wildman–Crippen LogP) is 3.44. The van der Waals surface area contributed by atoms with Crippen LogP contribution < -0.4 is 24.8 Å². The van der Waals surface area contributed by atoms with Gasteiger partial charge in [0.05, 0.1) is 6.54 Å². The molecule has 1 heterocycles. The molecule has 1 unspecified atom stereocenters. The molecule has 1 aliphatic heterocycles. The fourth-order valence-electron chi connectivity index (χ4n) is 2.12. The van der Waals surface area contributed by atoms with Crippen LogP contribution in [0, 0.1) is 0 Å². The van der Waals surface area contributed by atoms with Gasteiger partial charge in [-0.1, -0.05) is 6.92 Å². The zero-order chi connectivity index (χ0) is 18.2. The number of benzene rings is 1. The Bertz CT molecular complexity index is 608. The van der Waals surface area contributed by atoms with Crippen LogP contribution in [-0.4, -0.2) is 44.0 Å². The minimum Gasteiger partial charge on any atom is -0.454 e. The number of thioether (sulfide) groups is 1. The molecule has 0 aromatic heterocycles. The van der Waals surface area contributed by atoms with E-state index in [0.29, 0.717) is 34.8 Å². The van der Waals surface area contributed by atoms with Crippen LogP contribution in [-0.2, 0) is 6.54 Å². The minimum atomic E-state index is -2.92. The van der Waals surface area contributed by atoms with Crippen molar-refractivity contribution in [2.45, 2.75) is 32.3 Å². The van der Waals surface area contributed by atoms with Crippen molar-refractivity contribution in [3.05, 3.63) is 17.7 Å². The van der Waals surface area contributed by atoms with E-state index in [2.05, 4.69) is 27.3 Å². The van der Waals surface area contributed by atoms with Gasteiger partial charge in [-0.05, 0) is 19.2 Å². The number of alkyl halides is 2. The Morgan fingerprint density at radius 3 is 2.62 bits per heavy atom. The van der Waals surface area contributed by atoms with Gasteiger partial charge in [-0.15, -0.1) is 24.0 Å². The van der Waals surface area contributed by atoms with Crippen LogP contribution in [0.4, 0.5) is 8.78 Å². The molecule has 2 N–H and O–H groups in total. The van der Waals surface area contributed by atoms with Crippen LogP contribution in [0.25, 0.3) is 0 Å². The van der Waals surface area contributed by atoms with E-state index in [1.54, 1.807) is 17.8 Å². The highest BCUT2D eigenvalue weighted by Gasteiger charge is 2.20. The normalized spacial score (nSPS) is 14.0. The maximum Gasteiger partial charge on any atom is 0.387 e. The van der Waals surface area contributed by atoms with E-state index < -0.39 is 6.61 Å². The number of guanidine groups is 1. The largest absolute Gasteiger partial charge is 0.454 e. The summed E-state index contributed by atoms with van der Waals surface area (Å²) in [5.74, 6) is 1.54. The molecule has 6 nitrogen and oxygen atoms in total. The molecule has 0 fully saturated rings. The Labute approximate surface area is 173 Å². The lowest BCUT2D eigenvalue weighted by atomic mass is 10.1. The summed E-state index contributed by atoms with van der Waals surface area (Å²) in [6.45, 7) is 2.82. The molecule has 1 aliphatic rings. The molecular weight excluding hydrogens is 479 g/mol. The fourth-order valence-corrected chi connectivity index (χ4v) is 2.37. The van der Waals surface area contributed by atoms with E-state index in [0.717, 1.165) is 6.54 Å². The third kappa shape index (κ3) is 6.86. The van der Waals surface area contributed by atoms with Gasteiger partial charge < -0.3 is 24.8 Å². The second-order valence-electron chi connectivity index (χ2n) is 5.31. The first kappa shape index (κ1) is 22.9. The molecule has 0 radical (unpaired) electrons. The van der Waals surface area contributed by atoms with E-state index in [-0.39, 0.29) is 43.1 Å². The predicted molar refractivity (Wildman–Crippen MR) is 110 cm³/mol. The van der Waals surface area contributed by atoms with Crippen molar-refractivity contribution in [3.63, 3.8) is 0 Å². The Morgan fingerprint density at radius 1 is 1.31 bits per heavy atom. The molecule has 0 aliphatic carbocycles. The number of nitrogens with one attached hydrogen (secondary N) is 2. The van der Waals surface area contributed by atoms with Crippen LogP contribution in [0.5, 0.6) is 17.2 Å². The number of fused-ring (bicyclic) bond motifs is 1. The highest BCUT2D eigenvalue weighted by molar-refractivity contribution is 14.0. The molecule has 0 bridgehead atoms. The van der Waals surface area contributed by atoms with Crippen molar-refractivity contribution in [1.29, 1.82) is 0 Å². The van der Waals surface area contributed by atoms with Gasteiger partial charge >= 0.3 is 6.61 Å². The summed E-state index contributed by atoms with van der Waals surface area (Å²) in [6.07, 6.45) is 2.04. The van der Waals surface area contributed by atoms with E-state index in [4.69, 9.17) is 9.47 Å². The molecule has 148 valence electrons. The Hall–Kier alpha value is -1.17. The molecule has 0 saturated carbocycles. The molecule has 0 saturated heterocycles.